The highest BCUT2D eigenvalue weighted by atomic mass is 32.1. The molecule has 0 aromatic carbocycles. The molecule has 3 aromatic rings. The van der Waals surface area contributed by atoms with Gasteiger partial charge in [-0.2, -0.15) is 21.1 Å². The molecule has 0 fully saturated rings. The van der Waals surface area contributed by atoms with E-state index in [0.29, 0.717) is 0 Å². The van der Waals surface area contributed by atoms with Crippen LogP contribution in [-0.2, 0) is 0 Å². The molecule has 3 heterocycles. The number of thiophene rings is 1. The van der Waals surface area contributed by atoms with Crippen LogP contribution in [0.25, 0.3) is 5.82 Å². The third-order valence-electron chi connectivity index (χ3n) is 2.36. The van der Waals surface area contributed by atoms with Gasteiger partial charge in [0.25, 0.3) is 5.91 Å². The minimum absolute atomic E-state index is 0.0438. The Balaban J connectivity index is 1.68. The number of nitrogen functional groups attached to an aromatic ring is 1. The maximum atomic E-state index is 11.8. The number of hydrazone groups is 1. The van der Waals surface area contributed by atoms with E-state index < -0.39 is 5.91 Å². The number of rotatable bonds is 4. The zero-order chi connectivity index (χ0) is 14.7. The summed E-state index contributed by atoms with van der Waals surface area (Å²) in [4.78, 5) is 11.8. The number of carbonyl (C=O) groups is 1. The number of anilines is 1. The third-order valence-corrected chi connectivity index (χ3v) is 3.06. The number of amides is 1. The molecule has 106 valence electrons. The van der Waals surface area contributed by atoms with Gasteiger partial charge in [0.1, 0.15) is 0 Å². The summed E-state index contributed by atoms with van der Waals surface area (Å²) in [7, 11) is 0. The number of hydrogen-bond acceptors (Lipinski definition) is 9. The Morgan fingerprint density at radius 1 is 1.52 bits per heavy atom. The summed E-state index contributed by atoms with van der Waals surface area (Å²) < 4.78 is 5.62. The molecule has 3 N–H and O–H groups in total. The van der Waals surface area contributed by atoms with Crippen molar-refractivity contribution in [3.8, 4) is 5.82 Å². The van der Waals surface area contributed by atoms with E-state index in [0.717, 1.165) is 5.56 Å². The fourth-order valence-electron chi connectivity index (χ4n) is 1.39. The largest absolute Gasteiger partial charge is 0.378 e. The van der Waals surface area contributed by atoms with Crippen molar-refractivity contribution in [3.63, 3.8) is 0 Å². The average molecular weight is 304 g/mol. The molecule has 0 aliphatic carbocycles. The van der Waals surface area contributed by atoms with Crippen molar-refractivity contribution in [3.05, 3.63) is 34.3 Å². The molecule has 0 saturated heterocycles. The van der Waals surface area contributed by atoms with Crippen molar-refractivity contribution < 1.29 is 9.42 Å². The Bertz CT molecular complexity index is 775. The second kappa shape index (κ2) is 5.50. The fourth-order valence-corrected chi connectivity index (χ4v) is 2.00. The van der Waals surface area contributed by atoms with Crippen LogP contribution >= 0.6 is 11.3 Å². The highest BCUT2D eigenvalue weighted by molar-refractivity contribution is 7.08. The molecule has 3 aromatic heterocycles. The second-order valence-electron chi connectivity index (χ2n) is 3.78. The number of nitrogens with two attached hydrogens (primary N) is 1. The Kier molecular flexibility index (Phi) is 3.39. The van der Waals surface area contributed by atoms with Gasteiger partial charge in [0.15, 0.2) is 5.69 Å². The summed E-state index contributed by atoms with van der Waals surface area (Å²) in [5, 5.41) is 22.0. The van der Waals surface area contributed by atoms with Gasteiger partial charge in [0, 0.05) is 5.56 Å². The van der Waals surface area contributed by atoms with Gasteiger partial charge in [0.05, 0.1) is 12.4 Å². The first-order valence-electron chi connectivity index (χ1n) is 5.60. The number of carbonyl (C=O) groups excluding carboxylic acids is 1. The van der Waals surface area contributed by atoms with E-state index in [1.54, 1.807) is 0 Å². The summed E-state index contributed by atoms with van der Waals surface area (Å²) in [5.74, 6) is -0.312. The quantitative estimate of drug-likeness (QED) is 0.513. The van der Waals surface area contributed by atoms with E-state index in [-0.39, 0.29) is 17.3 Å². The average Bonchev–Trinajstić information content (AvgIpc) is 3.18. The molecule has 0 atom stereocenters. The van der Waals surface area contributed by atoms with Crippen LogP contribution in [0.3, 0.4) is 0 Å². The first kappa shape index (κ1) is 12.9. The van der Waals surface area contributed by atoms with Crippen LogP contribution in [0.5, 0.6) is 0 Å². The first-order valence-corrected chi connectivity index (χ1v) is 6.54. The SMILES string of the molecule is Nc1nonc1-n1cc(C(=O)NN=Cc2ccsc2)nn1. The molecule has 11 heteroatoms. The van der Waals surface area contributed by atoms with Gasteiger partial charge < -0.3 is 5.73 Å². The lowest BCUT2D eigenvalue weighted by Gasteiger charge is -1.93. The Morgan fingerprint density at radius 3 is 3.14 bits per heavy atom. The summed E-state index contributed by atoms with van der Waals surface area (Å²) in [6.45, 7) is 0. The molecule has 0 spiro atoms. The molecular weight excluding hydrogens is 296 g/mol. The van der Waals surface area contributed by atoms with Crippen molar-refractivity contribution >= 4 is 29.3 Å². The summed E-state index contributed by atoms with van der Waals surface area (Å²) in [5.41, 5.74) is 8.80. The molecule has 0 bridgehead atoms. The van der Waals surface area contributed by atoms with Gasteiger partial charge in [0.2, 0.25) is 11.6 Å². The van der Waals surface area contributed by atoms with E-state index in [4.69, 9.17) is 5.73 Å². The molecule has 10 nitrogen and oxygen atoms in total. The maximum absolute atomic E-state index is 11.8. The first-order chi connectivity index (χ1) is 10.2. The number of hydrogen-bond donors (Lipinski definition) is 2. The van der Waals surface area contributed by atoms with E-state index in [1.165, 1.54) is 28.4 Å². The topological polar surface area (TPSA) is 137 Å². The zero-order valence-corrected chi connectivity index (χ0v) is 11.2. The highest BCUT2D eigenvalue weighted by Gasteiger charge is 2.15. The third kappa shape index (κ3) is 2.76. The lowest BCUT2D eigenvalue weighted by molar-refractivity contribution is 0.0950. The monoisotopic (exact) mass is 304 g/mol. The standard InChI is InChI=1S/C10H8N8O2S/c11-8-9(16-20-15-8)18-4-7(13-17-18)10(19)14-12-3-6-1-2-21-5-6/h1-5H,(H2,11,15)(H,14,19). The minimum atomic E-state index is -0.511. The Hall–Kier alpha value is -3.08. The predicted octanol–water partition coefficient (Wildman–Crippen LogP) is 0.0579. The molecule has 21 heavy (non-hydrogen) atoms. The summed E-state index contributed by atoms with van der Waals surface area (Å²) >= 11 is 1.53. The van der Waals surface area contributed by atoms with Gasteiger partial charge >= 0.3 is 0 Å². The predicted molar refractivity (Wildman–Crippen MR) is 73.0 cm³/mol. The minimum Gasteiger partial charge on any atom is -0.378 e. The smallest absolute Gasteiger partial charge is 0.293 e. The molecule has 0 saturated carbocycles. The number of nitrogens with zero attached hydrogens (tertiary/aromatic N) is 6. The van der Waals surface area contributed by atoms with Crippen LogP contribution in [0, 0.1) is 0 Å². The molecule has 3 rings (SSSR count). The molecule has 1 amide bonds. The number of aromatic nitrogens is 5. The number of nitrogens with one attached hydrogen (secondary N) is 1. The van der Waals surface area contributed by atoms with Crippen molar-refractivity contribution in [1.82, 2.24) is 30.7 Å². The molecule has 0 radical (unpaired) electrons. The molecule has 0 aliphatic heterocycles. The molecular formula is C10H8N8O2S. The van der Waals surface area contributed by atoms with Crippen LogP contribution in [-0.4, -0.2) is 37.4 Å². The van der Waals surface area contributed by atoms with Gasteiger partial charge in [-0.3, -0.25) is 4.79 Å². The Labute approximate surface area is 121 Å². The maximum Gasteiger partial charge on any atom is 0.293 e. The van der Waals surface area contributed by atoms with Gasteiger partial charge in [-0.1, -0.05) is 5.21 Å². The van der Waals surface area contributed by atoms with Crippen molar-refractivity contribution in [1.29, 1.82) is 0 Å². The van der Waals surface area contributed by atoms with Crippen molar-refractivity contribution in [2.45, 2.75) is 0 Å². The highest BCUT2D eigenvalue weighted by Crippen LogP contribution is 2.09. The van der Waals surface area contributed by atoms with E-state index in [1.807, 2.05) is 16.8 Å². The summed E-state index contributed by atoms with van der Waals surface area (Å²) in [6.07, 6.45) is 2.86. The fraction of sp³-hybridized carbons (Fsp3) is 0. The normalized spacial score (nSPS) is 11.0. The Morgan fingerprint density at radius 2 is 2.43 bits per heavy atom. The summed E-state index contributed by atoms with van der Waals surface area (Å²) in [6, 6.07) is 1.87. The van der Waals surface area contributed by atoms with E-state index in [9.17, 15) is 4.79 Å². The van der Waals surface area contributed by atoms with Crippen molar-refractivity contribution in [2.24, 2.45) is 5.10 Å². The molecule has 0 unspecified atom stereocenters. The van der Waals surface area contributed by atoms with E-state index >= 15 is 0 Å². The zero-order valence-electron chi connectivity index (χ0n) is 10.4. The second-order valence-corrected chi connectivity index (χ2v) is 4.56. The van der Waals surface area contributed by atoms with Gasteiger partial charge in [-0.05, 0) is 27.1 Å². The lowest BCUT2D eigenvalue weighted by Crippen LogP contribution is -2.18. The van der Waals surface area contributed by atoms with E-state index in [2.05, 4.69) is 35.8 Å². The van der Waals surface area contributed by atoms with Crippen LogP contribution in [0.2, 0.25) is 0 Å². The van der Waals surface area contributed by atoms with Crippen LogP contribution in [0.1, 0.15) is 16.1 Å². The van der Waals surface area contributed by atoms with Gasteiger partial charge in [-0.25, -0.2) is 10.1 Å². The van der Waals surface area contributed by atoms with Crippen LogP contribution < -0.4 is 11.2 Å². The molecule has 0 aliphatic rings. The lowest BCUT2D eigenvalue weighted by atomic mass is 10.4. The van der Waals surface area contributed by atoms with Crippen LogP contribution in [0.4, 0.5) is 5.82 Å². The van der Waals surface area contributed by atoms with Crippen molar-refractivity contribution in [2.75, 3.05) is 5.73 Å². The van der Waals surface area contributed by atoms with Gasteiger partial charge in [-0.15, -0.1) is 5.10 Å². The van der Waals surface area contributed by atoms with Crippen LogP contribution in [0.15, 0.2) is 32.8 Å².